The minimum atomic E-state index is 0.450. The lowest BCUT2D eigenvalue weighted by Gasteiger charge is -2.09. The van der Waals surface area contributed by atoms with Gasteiger partial charge in [-0.3, -0.25) is 0 Å². The van der Waals surface area contributed by atoms with Crippen LogP contribution in [0.4, 0.5) is 0 Å². The Morgan fingerprint density at radius 1 is 1.00 bits per heavy atom. The second kappa shape index (κ2) is 5.95. The fourth-order valence-corrected chi connectivity index (χ4v) is 1.98. The van der Waals surface area contributed by atoms with Gasteiger partial charge in [-0.25, -0.2) is 0 Å². The summed E-state index contributed by atoms with van der Waals surface area (Å²) in [6.07, 6.45) is 0. The normalized spacial score (nSPS) is 10.2. The first-order valence-electron chi connectivity index (χ1n) is 5.30. The molecule has 1 nitrogen and oxygen atoms in total. The van der Waals surface area contributed by atoms with Crippen molar-refractivity contribution in [1.29, 1.82) is 0 Å². The van der Waals surface area contributed by atoms with Gasteiger partial charge in [0.05, 0.1) is 5.88 Å². The molecule has 0 aromatic heterocycles. The number of hydrogen-bond donors (Lipinski definition) is 0. The second-order valence-electron chi connectivity index (χ2n) is 3.66. The van der Waals surface area contributed by atoms with Crippen LogP contribution < -0.4 is 4.74 Å². The van der Waals surface area contributed by atoms with Gasteiger partial charge in [-0.15, -0.1) is 11.6 Å². The van der Waals surface area contributed by atoms with Crippen LogP contribution in [0, 0.1) is 0 Å². The summed E-state index contributed by atoms with van der Waals surface area (Å²) >= 11 is 11.7. The third kappa shape index (κ3) is 3.39. The average molecular weight is 267 g/mol. The van der Waals surface area contributed by atoms with E-state index in [0.29, 0.717) is 12.5 Å². The lowest BCUT2D eigenvalue weighted by atomic mass is 10.2. The Balaban J connectivity index is 2.07. The number of hydrogen-bond acceptors (Lipinski definition) is 1. The fourth-order valence-electron chi connectivity index (χ4n) is 1.54. The summed E-state index contributed by atoms with van der Waals surface area (Å²) in [5.74, 6) is 1.27. The summed E-state index contributed by atoms with van der Waals surface area (Å²) in [6, 6.07) is 15.4. The molecule has 0 spiro atoms. The lowest BCUT2D eigenvalue weighted by Crippen LogP contribution is -1.97. The van der Waals surface area contributed by atoms with E-state index in [1.54, 1.807) is 0 Å². The van der Waals surface area contributed by atoms with Crippen molar-refractivity contribution in [3.8, 4) is 5.75 Å². The Hall–Kier alpha value is -1.18. The molecule has 2 aromatic carbocycles. The predicted molar refractivity (Wildman–Crippen MR) is 71.8 cm³/mol. The maximum Gasteiger partial charge on any atom is 0.124 e. The van der Waals surface area contributed by atoms with Gasteiger partial charge in [0.15, 0.2) is 0 Å². The van der Waals surface area contributed by atoms with Crippen LogP contribution in [0.25, 0.3) is 0 Å². The molecular formula is C14H12Cl2O. The molecule has 0 aliphatic carbocycles. The molecule has 0 fully saturated rings. The van der Waals surface area contributed by atoms with Crippen LogP contribution in [0.3, 0.4) is 0 Å². The maximum absolute atomic E-state index is 5.91. The molecule has 0 radical (unpaired) electrons. The minimum absolute atomic E-state index is 0.450. The number of rotatable bonds is 4. The molecule has 3 heteroatoms. The van der Waals surface area contributed by atoms with Crippen LogP contribution in [0.15, 0.2) is 48.5 Å². The molecule has 2 rings (SSSR count). The van der Waals surface area contributed by atoms with Gasteiger partial charge in [-0.05, 0) is 23.8 Å². The van der Waals surface area contributed by atoms with Crippen molar-refractivity contribution in [2.45, 2.75) is 12.5 Å². The number of benzene rings is 2. The van der Waals surface area contributed by atoms with E-state index in [0.717, 1.165) is 21.9 Å². The van der Waals surface area contributed by atoms with Crippen molar-refractivity contribution in [1.82, 2.24) is 0 Å². The molecule has 0 N–H and O–H groups in total. The largest absolute Gasteiger partial charge is 0.489 e. The van der Waals surface area contributed by atoms with Gasteiger partial charge in [0, 0.05) is 10.6 Å². The van der Waals surface area contributed by atoms with E-state index < -0.39 is 0 Å². The molecule has 0 heterocycles. The number of alkyl halides is 1. The highest BCUT2D eigenvalue weighted by atomic mass is 35.5. The topological polar surface area (TPSA) is 9.23 Å². The van der Waals surface area contributed by atoms with Crippen molar-refractivity contribution in [2.24, 2.45) is 0 Å². The van der Waals surface area contributed by atoms with Gasteiger partial charge in [0.25, 0.3) is 0 Å². The van der Waals surface area contributed by atoms with Crippen LogP contribution in [-0.4, -0.2) is 0 Å². The molecule has 17 heavy (non-hydrogen) atoms. The minimum Gasteiger partial charge on any atom is -0.489 e. The van der Waals surface area contributed by atoms with E-state index >= 15 is 0 Å². The third-order valence-corrected chi connectivity index (χ3v) is 2.92. The Morgan fingerprint density at radius 2 is 1.82 bits per heavy atom. The maximum atomic E-state index is 5.91. The van der Waals surface area contributed by atoms with Crippen LogP contribution in [0.2, 0.25) is 5.02 Å². The Bertz CT molecular complexity index is 497. The first-order chi connectivity index (χ1) is 8.29. The molecule has 0 saturated carbocycles. The zero-order valence-corrected chi connectivity index (χ0v) is 10.7. The van der Waals surface area contributed by atoms with Crippen molar-refractivity contribution in [3.05, 3.63) is 64.7 Å². The molecule has 0 aliphatic heterocycles. The number of para-hydroxylation sites is 1. The van der Waals surface area contributed by atoms with Gasteiger partial charge in [-0.1, -0.05) is 41.9 Å². The molecule has 0 aliphatic rings. The summed E-state index contributed by atoms with van der Waals surface area (Å²) in [7, 11) is 0. The van der Waals surface area contributed by atoms with Crippen molar-refractivity contribution < 1.29 is 4.74 Å². The van der Waals surface area contributed by atoms with E-state index in [4.69, 9.17) is 27.9 Å². The van der Waals surface area contributed by atoms with Gasteiger partial charge >= 0.3 is 0 Å². The smallest absolute Gasteiger partial charge is 0.124 e. The van der Waals surface area contributed by atoms with E-state index in [-0.39, 0.29) is 0 Å². The van der Waals surface area contributed by atoms with Crippen LogP contribution >= 0.6 is 23.2 Å². The van der Waals surface area contributed by atoms with Crippen molar-refractivity contribution in [2.75, 3.05) is 0 Å². The third-order valence-electron chi connectivity index (χ3n) is 2.40. The van der Waals surface area contributed by atoms with Gasteiger partial charge < -0.3 is 4.74 Å². The number of halogens is 2. The zero-order valence-electron chi connectivity index (χ0n) is 9.20. The van der Waals surface area contributed by atoms with Crippen molar-refractivity contribution >= 4 is 23.2 Å². The number of ether oxygens (including phenoxy) is 1. The van der Waals surface area contributed by atoms with Gasteiger partial charge in [0.2, 0.25) is 0 Å². The van der Waals surface area contributed by atoms with Gasteiger partial charge in [0.1, 0.15) is 12.4 Å². The quantitative estimate of drug-likeness (QED) is 0.732. The lowest BCUT2D eigenvalue weighted by molar-refractivity contribution is 0.304. The summed E-state index contributed by atoms with van der Waals surface area (Å²) in [5, 5.41) is 0.719. The summed E-state index contributed by atoms with van der Waals surface area (Å²) in [6.45, 7) is 0.495. The monoisotopic (exact) mass is 266 g/mol. The highest BCUT2D eigenvalue weighted by molar-refractivity contribution is 6.30. The molecule has 88 valence electrons. The zero-order chi connectivity index (χ0) is 12.1. The van der Waals surface area contributed by atoms with Crippen molar-refractivity contribution in [3.63, 3.8) is 0 Å². The summed E-state index contributed by atoms with van der Waals surface area (Å²) < 4.78 is 5.73. The fraction of sp³-hybridized carbons (Fsp3) is 0.143. The summed E-state index contributed by atoms with van der Waals surface area (Å²) in [5.41, 5.74) is 2.04. The Labute approximate surface area is 111 Å². The molecule has 0 unspecified atom stereocenters. The first kappa shape index (κ1) is 12.3. The van der Waals surface area contributed by atoms with E-state index in [1.165, 1.54) is 0 Å². The van der Waals surface area contributed by atoms with E-state index in [1.807, 2.05) is 48.5 Å². The second-order valence-corrected chi connectivity index (χ2v) is 4.36. The van der Waals surface area contributed by atoms with E-state index in [2.05, 4.69) is 0 Å². The Morgan fingerprint density at radius 3 is 2.59 bits per heavy atom. The first-order valence-corrected chi connectivity index (χ1v) is 6.22. The SMILES string of the molecule is ClCc1ccccc1OCc1cccc(Cl)c1. The highest BCUT2D eigenvalue weighted by Gasteiger charge is 2.02. The van der Waals surface area contributed by atoms with E-state index in [9.17, 15) is 0 Å². The van der Waals surface area contributed by atoms with Crippen LogP contribution in [0.5, 0.6) is 5.75 Å². The Kier molecular flexibility index (Phi) is 4.29. The van der Waals surface area contributed by atoms with Crippen LogP contribution in [-0.2, 0) is 12.5 Å². The van der Waals surface area contributed by atoms with Gasteiger partial charge in [-0.2, -0.15) is 0 Å². The predicted octanol–water partition coefficient (Wildman–Crippen LogP) is 4.66. The standard InChI is InChI=1S/C14H12Cl2O/c15-9-12-5-1-2-7-14(12)17-10-11-4-3-6-13(16)8-11/h1-8H,9-10H2. The average Bonchev–Trinajstić information content (AvgIpc) is 2.37. The highest BCUT2D eigenvalue weighted by Crippen LogP contribution is 2.21. The molecule has 2 aromatic rings. The molecule has 0 amide bonds. The van der Waals surface area contributed by atoms with Crippen LogP contribution in [0.1, 0.15) is 11.1 Å². The molecule has 0 saturated heterocycles. The molecular weight excluding hydrogens is 255 g/mol. The summed E-state index contributed by atoms with van der Waals surface area (Å²) in [4.78, 5) is 0. The molecule has 0 atom stereocenters. The molecule has 0 bridgehead atoms.